The lowest BCUT2D eigenvalue weighted by Crippen LogP contribution is -2.27. The topological polar surface area (TPSA) is 75.0 Å². The first-order chi connectivity index (χ1) is 8.72. The van der Waals surface area contributed by atoms with Crippen LogP contribution in [0.3, 0.4) is 0 Å². The van der Waals surface area contributed by atoms with Crippen LogP contribution in [0.1, 0.15) is 12.2 Å². The van der Waals surface area contributed by atoms with Crippen LogP contribution in [0, 0.1) is 0 Å². The van der Waals surface area contributed by atoms with Gasteiger partial charge in [-0.25, -0.2) is 4.98 Å². The molecule has 0 unspecified atom stereocenters. The minimum absolute atomic E-state index is 0.0703. The Kier molecular flexibility index (Phi) is 2.85. The molecule has 18 heavy (non-hydrogen) atoms. The lowest BCUT2D eigenvalue weighted by molar-refractivity contribution is 0.318. The van der Waals surface area contributed by atoms with Crippen LogP contribution in [0.25, 0.3) is 10.9 Å². The minimum atomic E-state index is -0.0703. The first-order valence-corrected chi connectivity index (χ1v) is 6.18. The number of aromatic nitrogens is 2. The summed E-state index contributed by atoms with van der Waals surface area (Å²) in [6, 6.07) is 7.64. The van der Waals surface area contributed by atoms with Crippen molar-refractivity contribution in [2.45, 2.75) is 19.0 Å². The molecule has 1 atom stereocenters. The van der Waals surface area contributed by atoms with Crippen LogP contribution >= 0.6 is 0 Å². The normalized spacial score (nSPS) is 20.6. The zero-order valence-electron chi connectivity index (χ0n) is 10.1. The molecule has 1 aliphatic heterocycles. The van der Waals surface area contributed by atoms with Gasteiger partial charge in [-0.05, 0) is 18.6 Å². The number of hydrogen-bond donors (Lipinski definition) is 2. The highest BCUT2D eigenvalue weighted by Crippen LogP contribution is 2.11. The lowest BCUT2D eigenvalue weighted by atomic mass is 10.2. The Morgan fingerprint density at radius 3 is 3.06 bits per heavy atom. The standard InChI is InChI=1S/C13H16N4O/c14-9-5-6-17(7-9)8-12-15-11-4-2-1-3-10(11)13(18)16-12/h1-4,9H,5-8,14H2,(H,15,16,18)/t9-/m1/s1. The third kappa shape index (κ3) is 2.14. The summed E-state index contributed by atoms with van der Waals surface area (Å²) in [4.78, 5) is 21.4. The van der Waals surface area contributed by atoms with Gasteiger partial charge >= 0.3 is 0 Å². The number of nitrogens with two attached hydrogens (primary N) is 1. The number of rotatable bonds is 2. The van der Waals surface area contributed by atoms with Crippen LogP contribution in [0.2, 0.25) is 0 Å². The van der Waals surface area contributed by atoms with Crippen LogP contribution in [0.5, 0.6) is 0 Å². The summed E-state index contributed by atoms with van der Waals surface area (Å²) < 4.78 is 0. The average Bonchev–Trinajstić information content (AvgIpc) is 2.75. The molecule has 0 bridgehead atoms. The van der Waals surface area contributed by atoms with Gasteiger partial charge in [0.15, 0.2) is 0 Å². The van der Waals surface area contributed by atoms with Crippen LogP contribution in [0.15, 0.2) is 29.1 Å². The summed E-state index contributed by atoms with van der Waals surface area (Å²) in [5.74, 6) is 0.716. The maximum atomic E-state index is 11.9. The molecule has 5 heteroatoms. The van der Waals surface area contributed by atoms with Crippen LogP contribution < -0.4 is 11.3 Å². The van der Waals surface area contributed by atoms with Crippen LogP contribution in [-0.2, 0) is 6.54 Å². The molecular formula is C13H16N4O. The van der Waals surface area contributed by atoms with Gasteiger partial charge in [-0.1, -0.05) is 12.1 Å². The molecule has 94 valence electrons. The molecule has 2 aromatic rings. The summed E-state index contributed by atoms with van der Waals surface area (Å²) in [7, 11) is 0. The number of nitrogens with zero attached hydrogens (tertiary/aromatic N) is 2. The van der Waals surface area contributed by atoms with E-state index in [1.807, 2.05) is 18.2 Å². The van der Waals surface area contributed by atoms with E-state index in [4.69, 9.17) is 5.73 Å². The SMILES string of the molecule is N[C@@H]1CCN(Cc2nc3ccccc3c(=O)[nH]2)C1. The predicted molar refractivity (Wildman–Crippen MR) is 70.2 cm³/mol. The highest BCUT2D eigenvalue weighted by molar-refractivity contribution is 5.77. The molecule has 1 aromatic heterocycles. The van der Waals surface area contributed by atoms with E-state index in [2.05, 4.69) is 14.9 Å². The molecule has 0 amide bonds. The van der Waals surface area contributed by atoms with E-state index in [0.29, 0.717) is 17.8 Å². The second-order valence-corrected chi connectivity index (χ2v) is 4.81. The molecule has 3 N–H and O–H groups in total. The second kappa shape index (κ2) is 4.51. The minimum Gasteiger partial charge on any atom is -0.326 e. The molecule has 1 fully saturated rings. The van der Waals surface area contributed by atoms with Crippen LogP contribution in [0.4, 0.5) is 0 Å². The van der Waals surface area contributed by atoms with Gasteiger partial charge in [0.2, 0.25) is 0 Å². The molecule has 1 saturated heterocycles. The number of H-pyrrole nitrogens is 1. The summed E-state index contributed by atoms with van der Waals surface area (Å²) in [5, 5.41) is 0.638. The summed E-state index contributed by atoms with van der Waals surface area (Å²) in [6.07, 6.45) is 1.01. The largest absolute Gasteiger partial charge is 0.326 e. The van der Waals surface area contributed by atoms with Crippen molar-refractivity contribution in [2.24, 2.45) is 5.73 Å². The lowest BCUT2D eigenvalue weighted by Gasteiger charge is -2.14. The highest BCUT2D eigenvalue weighted by Gasteiger charge is 2.19. The molecule has 5 nitrogen and oxygen atoms in total. The Hall–Kier alpha value is -1.72. The fourth-order valence-electron chi connectivity index (χ4n) is 2.43. The van der Waals surface area contributed by atoms with Gasteiger partial charge in [-0.2, -0.15) is 0 Å². The smallest absolute Gasteiger partial charge is 0.258 e. The van der Waals surface area contributed by atoms with Gasteiger partial charge < -0.3 is 10.7 Å². The first kappa shape index (κ1) is 11.4. The van der Waals surface area contributed by atoms with E-state index in [1.54, 1.807) is 6.07 Å². The quantitative estimate of drug-likeness (QED) is 0.804. The number of hydrogen-bond acceptors (Lipinski definition) is 4. The summed E-state index contributed by atoms with van der Waals surface area (Å²) >= 11 is 0. The Labute approximate surface area is 105 Å². The third-order valence-corrected chi connectivity index (χ3v) is 3.34. The van der Waals surface area contributed by atoms with E-state index < -0.39 is 0 Å². The maximum absolute atomic E-state index is 11.9. The molecule has 3 rings (SSSR count). The first-order valence-electron chi connectivity index (χ1n) is 6.18. The van der Waals surface area contributed by atoms with Gasteiger partial charge in [-0.15, -0.1) is 0 Å². The van der Waals surface area contributed by atoms with Gasteiger partial charge in [-0.3, -0.25) is 9.69 Å². The molecule has 0 aliphatic carbocycles. The molecule has 0 radical (unpaired) electrons. The predicted octanol–water partition coefficient (Wildman–Crippen LogP) is 0.456. The number of para-hydroxylation sites is 1. The molecule has 1 aromatic carbocycles. The van der Waals surface area contributed by atoms with Crippen molar-refractivity contribution in [3.05, 3.63) is 40.4 Å². The van der Waals surface area contributed by atoms with E-state index in [1.165, 1.54) is 0 Å². The van der Waals surface area contributed by atoms with E-state index in [0.717, 1.165) is 25.0 Å². The van der Waals surface area contributed by atoms with Gasteiger partial charge in [0.25, 0.3) is 5.56 Å². The van der Waals surface area contributed by atoms with Crippen molar-refractivity contribution in [3.8, 4) is 0 Å². The number of nitrogens with one attached hydrogen (secondary N) is 1. The number of benzene rings is 1. The second-order valence-electron chi connectivity index (χ2n) is 4.81. The van der Waals surface area contributed by atoms with E-state index in [9.17, 15) is 4.79 Å². The zero-order valence-corrected chi connectivity index (χ0v) is 10.1. The van der Waals surface area contributed by atoms with E-state index in [-0.39, 0.29) is 11.6 Å². The fourth-order valence-corrected chi connectivity index (χ4v) is 2.43. The number of likely N-dealkylation sites (tertiary alicyclic amines) is 1. The van der Waals surface area contributed by atoms with Crippen molar-refractivity contribution in [3.63, 3.8) is 0 Å². The Morgan fingerprint density at radius 2 is 2.28 bits per heavy atom. The molecule has 2 heterocycles. The monoisotopic (exact) mass is 244 g/mol. The van der Waals surface area contributed by atoms with Gasteiger partial charge in [0.05, 0.1) is 17.4 Å². The van der Waals surface area contributed by atoms with Crippen molar-refractivity contribution in [2.75, 3.05) is 13.1 Å². The van der Waals surface area contributed by atoms with Crippen molar-refractivity contribution in [1.82, 2.24) is 14.9 Å². The van der Waals surface area contributed by atoms with Crippen LogP contribution in [-0.4, -0.2) is 34.0 Å². The van der Waals surface area contributed by atoms with Gasteiger partial charge in [0, 0.05) is 19.1 Å². The third-order valence-electron chi connectivity index (χ3n) is 3.34. The highest BCUT2D eigenvalue weighted by atomic mass is 16.1. The number of fused-ring (bicyclic) bond motifs is 1. The fraction of sp³-hybridized carbons (Fsp3) is 0.385. The van der Waals surface area contributed by atoms with Crippen molar-refractivity contribution in [1.29, 1.82) is 0 Å². The Balaban J connectivity index is 1.91. The average molecular weight is 244 g/mol. The number of aromatic amines is 1. The Morgan fingerprint density at radius 1 is 1.44 bits per heavy atom. The molecule has 1 aliphatic rings. The molecular weight excluding hydrogens is 228 g/mol. The van der Waals surface area contributed by atoms with Crippen molar-refractivity contribution < 1.29 is 0 Å². The molecule has 0 spiro atoms. The van der Waals surface area contributed by atoms with E-state index >= 15 is 0 Å². The van der Waals surface area contributed by atoms with Gasteiger partial charge in [0.1, 0.15) is 5.82 Å². The maximum Gasteiger partial charge on any atom is 0.258 e. The summed E-state index contributed by atoms with van der Waals surface area (Å²) in [5.41, 5.74) is 6.54. The molecule has 0 saturated carbocycles. The Bertz CT molecular complexity index is 622. The summed E-state index contributed by atoms with van der Waals surface area (Å²) in [6.45, 7) is 2.50. The zero-order chi connectivity index (χ0) is 12.5. The van der Waals surface area contributed by atoms with Crippen molar-refractivity contribution >= 4 is 10.9 Å².